The van der Waals surface area contributed by atoms with Crippen molar-refractivity contribution in [1.29, 1.82) is 0 Å². The lowest BCUT2D eigenvalue weighted by Crippen LogP contribution is -2.05. The Bertz CT molecular complexity index is 478. The Hall–Kier alpha value is -2.25. The third kappa shape index (κ3) is 3.12. The van der Waals surface area contributed by atoms with Crippen LogP contribution < -0.4 is 5.32 Å². The predicted molar refractivity (Wildman–Crippen MR) is 63.1 cm³/mol. The summed E-state index contributed by atoms with van der Waals surface area (Å²) in [6, 6.07) is 1.41. The molecular formula is C10H12FN3O4. The van der Waals surface area contributed by atoms with Gasteiger partial charge in [0.15, 0.2) is 0 Å². The van der Waals surface area contributed by atoms with E-state index in [1.54, 1.807) is 0 Å². The van der Waals surface area contributed by atoms with E-state index in [0.29, 0.717) is 12.6 Å². The van der Waals surface area contributed by atoms with E-state index >= 15 is 0 Å². The van der Waals surface area contributed by atoms with Gasteiger partial charge in [-0.25, -0.2) is 0 Å². The van der Waals surface area contributed by atoms with Crippen LogP contribution in [0, 0.1) is 26.0 Å². The molecule has 98 valence electrons. The van der Waals surface area contributed by atoms with Crippen LogP contribution in [0.3, 0.4) is 0 Å². The van der Waals surface area contributed by atoms with Crippen LogP contribution in [0.4, 0.5) is 21.5 Å². The highest BCUT2D eigenvalue weighted by Gasteiger charge is 2.24. The number of unbranched alkanes of at least 4 members (excludes halogenated alkanes) is 1. The summed E-state index contributed by atoms with van der Waals surface area (Å²) in [5, 5.41) is 24.0. The first kappa shape index (κ1) is 13.8. The van der Waals surface area contributed by atoms with Gasteiger partial charge in [-0.1, -0.05) is 13.3 Å². The number of halogens is 1. The summed E-state index contributed by atoms with van der Waals surface area (Å²) in [5.41, 5.74) is -1.45. The number of hydrogen-bond acceptors (Lipinski definition) is 5. The summed E-state index contributed by atoms with van der Waals surface area (Å²) < 4.78 is 13.3. The molecule has 0 aliphatic rings. The molecule has 1 aromatic rings. The fraction of sp³-hybridized carbons (Fsp3) is 0.400. The molecule has 8 heteroatoms. The molecule has 0 aromatic heterocycles. The van der Waals surface area contributed by atoms with Crippen LogP contribution >= 0.6 is 0 Å². The Morgan fingerprint density at radius 2 is 1.83 bits per heavy atom. The molecule has 0 heterocycles. The number of nitro groups is 2. The molecule has 0 aliphatic heterocycles. The van der Waals surface area contributed by atoms with Crippen molar-refractivity contribution in [2.24, 2.45) is 0 Å². The standard InChI is InChI=1S/C10H12FN3O4/c1-2-3-4-12-8-5-7(11)9(13(15)16)6-10(8)14(17)18/h5-6,12H,2-4H2,1H3. The number of rotatable bonds is 6. The molecule has 0 saturated heterocycles. The van der Waals surface area contributed by atoms with Crippen LogP contribution in [0.25, 0.3) is 0 Å². The SMILES string of the molecule is CCCCNc1cc(F)c([N+](=O)[O-])cc1[N+](=O)[O-]. The normalized spacial score (nSPS) is 10.1. The van der Waals surface area contributed by atoms with Crippen molar-refractivity contribution in [2.75, 3.05) is 11.9 Å². The van der Waals surface area contributed by atoms with Gasteiger partial charge in [0.05, 0.1) is 15.9 Å². The van der Waals surface area contributed by atoms with Crippen molar-refractivity contribution < 1.29 is 14.2 Å². The van der Waals surface area contributed by atoms with Gasteiger partial charge in [0.1, 0.15) is 5.69 Å². The zero-order valence-corrected chi connectivity index (χ0v) is 9.68. The van der Waals surface area contributed by atoms with Gasteiger partial charge in [-0.2, -0.15) is 4.39 Å². The van der Waals surface area contributed by atoms with Gasteiger partial charge in [-0.3, -0.25) is 20.2 Å². The minimum absolute atomic E-state index is 0.0449. The molecule has 0 unspecified atom stereocenters. The van der Waals surface area contributed by atoms with E-state index in [1.807, 2.05) is 6.92 Å². The molecule has 0 bridgehead atoms. The third-order valence-electron chi connectivity index (χ3n) is 2.30. The quantitative estimate of drug-likeness (QED) is 0.480. The molecular weight excluding hydrogens is 245 g/mol. The first-order valence-electron chi connectivity index (χ1n) is 5.33. The second-order valence-corrected chi connectivity index (χ2v) is 3.62. The van der Waals surface area contributed by atoms with Crippen molar-refractivity contribution in [1.82, 2.24) is 0 Å². The zero-order chi connectivity index (χ0) is 13.7. The monoisotopic (exact) mass is 257 g/mol. The van der Waals surface area contributed by atoms with Crippen molar-refractivity contribution in [3.8, 4) is 0 Å². The van der Waals surface area contributed by atoms with Crippen LogP contribution in [0.2, 0.25) is 0 Å². The van der Waals surface area contributed by atoms with E-state index in [-0.39, 0.29) is 5.69 Å². The Balaban J connectivity index is 3.12. The van der Waals surface area contributed by atoms with Gasteiger partial charge in [0.25, 0.3) is 5.69 Å². The molecule has 0 radical (unpaired) electrons. The lowest BCUT2D eigenvalue weighted by atomic mass is 10.2. The van der Waals surface area contributed by atoms with Crippen molar-refractivity contribution in [3.63, 3.8) is 0 Å². The summed E-state index contributed by atoms with van der Waals surface area (Å²) in [5.74, 6) is -1.09. The largest absolute Gasteiger partial charge is 0.379 e. The lowest BCUT2D eigenvalue weighted by molar-refractivity contribution is -0.395. The Kier molecular flexibility index (Phi) is 4.52. The molecule has 0 saturated carbocycles. The van der Waals surface area contributed by atoms with Crippen LogP contribution in [-0.2, 0) is 0 Å². The maximum Gasteiger partial charge on any atom is 0.311 e. The van der Waals surface area contributed by atoms with E-state index in [2.05, 4.69) is 5.32 Å². The van der Waals surface area contributed by atoms with Gasteiger partial charge in [-0.05, 0) is 6.42 Å². The van der Waals surface area contributed by atoms with Crippen LogP contribution in [0.15, 0.2) is 12.1 Å². The molecule has 7 nitrogen and oxygen atoms in total. The number of anilines is 1. The second kappa shape index (κ2) is 5.89. The number of nitro benzene ring substituents is 2. The fourth-order valence-electron chi connectivity index (χ4n) is 1.38. The zero-order valence-electron chi connectivity index (χ0n) is 9.68. The summed E-state index contributed by atoms with van der Waals surface area (Å²) in [6.45, 7) is 2.38. The van der Waals surface area contributed by atoms with Crippen molar-refractivity contribution in [2.45, 2.75) is 19.8 Å². The maximum atomic E-state index is 13.3. The number of nitrogens with one attached hydrogen (secondary N) is 1. The van der Waals surface area contributed by atoms with E-state index in [4.69, 9.17) is 0 Å². The summed E-state index contributed by atoms with van der Waals surface area (Å²) >= 11 is 0. The number of hydrogen-bond donors (Lipinski definition) is 1. The molecule has 0 atom stereocenters. The summed E-state index contributed by atoms with van der Waals surface area (Å²) in [4.78, 5) is 19.5. The van der Waals surface area contributed by atoms with E-state index in [0.717, 1.165) is 18.9 Å². The lowest BCUT2D eigenvalue weighted by Gasteiger charge is -2.06. The van der Waals surface area contributed by atoms with Gasteiger partial charge in [0.2, 0.25) is 5.82 Å². The Morgan fingerprint density at radius 3 is 2.33 bits per heavy atom. The molecule has 0 fully saturated rings. The van der Waals surface area contributed by atoms with Crippen molar-refractivity contribution >= 4 is 17.1 Å². The van der Waals surface area contributed by atoms with Crippen LogP contribution in [0.5, 0.6) is 0 Å². The van der Waals surface area contributed by atoms with Gasteiger partial charge in [-0.15, -0.1) is 0 Å². The van der Waals surface area contributed by atoms with Crippen molar-refractivity contribution in [3.05, 3.63) is 38.2 Å². The predicted octanol–water partition coefficient (Wildman–Crippen LogP) is 2.85. The highest BCUT2D eigenvalue weighted by Crippen LogP contribution is 2.31. The van der Waals surface area contributed by atoms with Gasteiger partial charge in [0, 0.05) is 12.6 Å². The molecule has 0 spiro atoms. The highest BCUT2D eigenvalue weighted by atomic mass is 19.1. The van der Waals surface area contributed by atoms with Gasteiger partial charge >= 0.3 is 5.69 Å². The van der Waals surface area contributed by atoms with Crippen LogP contribution in [0.1, 0.15) is 19.8 Å². The molecule has 1 rings (SSSR count). The first-order valence-corrected chi connectivity index (χ1v) is 5.33. The van der Waals surface area contributed by atoms with Crippen LogP contribution in [-0.4, -0.2) is 16.4 Å². The Morgan fingerprint density at radius 1 is 1.22 bits per heavy atom. The second-order valence-electron chi connectivity index (χ2n) is 3.62. The molecule has 0 aliphatic carbocycles. The average Bonchev–Trinajstić information content (AvgIpc) is 2.28. The third-order valence-corrected chi connectivity index (χ3v) is 2.30. The minimum Gasteiger partial charge on any atom is -0.379 e. The fourth-order valence-corrected chi connectivity index (χ4v) is 1.38. The first-order chi connectivity index (χ1) is 8.47. The smallest absolute Gasteiger partial charge is 0.311 e. The summed E-state index contributed by atoms with van der Waals surface area (Å²) in [6.07, 6.45) is 1.63. The summed E-state index contributed by atoms with van der Waals surface area (Å²) in [7, 11) is 0. The highest BCUT2D eigenvalue weighted by molar-refractivity contribution is 5.65. The number of nitrogens with zero attached hydrogens (tertiary/aromatic N) is 2. The molecule has 0 amide bonds. The van der Waals surface area contributed by atoms with Gasteiger partial charge < -0.3 is 5.32 Å². The topological polar surface area (TPSA) is 98.3 Å². The average molecular weight is 257 g/mol. The Labute approximate surface area is 102 Å². The molecule has 1 aromatic carbocycles. The van der Waals surface area contributed by atoms with E-state index in [1.165, 1.54) is 0 Å². The minimum atomic E-state index is -1.09. The van der Waals surface area contributed by atoms with E-state index in [9.17, 15) is 24.6 Å². The van der Waals surface area contributed by atoms with E-state index < -0.39 is 27.0 Å². The number of benzene rings is 1. The molecule has 1 N–H and O–H groups in total. The maximum absolute atomic E-state index is 13.3. The molecule has 18 heavy (non-hydrogen) atoms.